The fourth-order valence-corrected chi connectivity index (χ4v) is 11.8. The first-order chi connectivity index (χ1) is 57.5. The highest BCUT2D eigenvalue weighted by molar-refractivity contribution is 5.90. The quantitative estimate of drug-likeness (QED) is 0.0161. The van der Waals surface area contributed by atoms with Crippen molar-refractivity contribution in [3.05, 3.63) is 0 Å². The molecule has 0 aromatic rings. The van der Waals surface area contributed by atoms with E-state index in [4.69, 9.17) is 104 Å². The molecule has 3 heterocycles. The molecule has 0 aromatic carbocycles. The Labute approximate surface area is 698 Å². The lowest BCUT2D eigenvalue weighted by Crippen LogP contribution is -2.66. The van der Waals surface area contributed by atoms with Crippen LogP contribution >= 0.6 is 0 Å². The maximum Gasteiger partial charge on any atom is 0.303 e. The summed E-state index contributed by atoms with van der Waals surface area (Å²) < 4.78 is 122. The second-order valence-electron chi connectivity index (χ2n) is 26.9. The molecule has 47 nitrogen and oxygen atoms in total. The molecule has 0 aliphatic carbocycles. The summed E-state index contributed by atoms with van der Waals surface area (Å²) in [5.41, 5.74) is 0. The lowest BCUT2D eigenvalue weighted by molar-refractivity contribution is -0.279. The number of amides is 8. The first kappa shape index (κ1) is 106. The van der Waals surface area contributed by atoms with Crippen LogP contribution in [0.3, 0.4) is 0 Å². The van der Waals surface area contributed by atoms with Crippen molar-refractivity contribution in [2.75, 3.05) is 152 Å². The van der Waals surface area contributed by atoms with E-state index in [0.717, 1.165) is 76.2 Å². The summed E-state index contributed by atoms with van der Waals surface area (Å²) in [5, 5.41) is 20.8. The smallest absolute Gasteiger partial charge is 0.303 e. The Bertz CT molecular complexity index is 3320. The number of methoxy groups -OCH3 is 1. The van der Waals surface area contributed by atoms with Gasteiger partial charge in [-0.1, -0.05) is 0 Å². The Morgan fingerprint density at radius 1 is 0.289 bits per heavy atom. The lowest BCUT2D eigenvalue weighted by Gasteiger charge is -2.44. The van der Waals surface area contributed by atoms with Crippen molar-refractivity contribution in [2.24, 2.45) is 0 Å². The van der Waals surface area contributed by atoms with Crippen molar-refractivity contribution in [1.82, 2.24) is 42.5 Å². The molecule has 47 heteroatoms. The van der Waals surface area contributed by atoms with Gasteiger partial charge in [-0.2, -0.15) is 0 Å². The molecule has 3 aliphatic heterocycles. The van der Waals surface area contributed by atoms with Gasteiger partial charge >= 0.3 is 53.7 Å². The van der Waals surface area contributed by atoms with Crippen LogP contribution in [-0.2, 0) is 186 Å². The molecule has 3 aliphatic rings. The third-order valence-electron chi connectivity index (χ3n) is 16.7. The Kier molecular flexibility index (Phi) is 51.7. The van der Waals surface area contributed by atoms with Crippen LogP contribution in [0.5, 0.6) is 0 Å². The van der Waals surface area contributed by atoms with E-state index in [9.17, 15) is 81.5 Å². The molecule has 3 rings (SSSR count). The second kappa shape index (κ2) is 59.3. The number of esters is 9. The number of carbonyl (C=O) groups is 17. The summed E-state index contributed by atoms with van der Waals surface area (Å²) in [7, 11) is 1.54. The second-order valence-corrected chi connectivity index (χ2v) is 26.9. The van der Waals surface area contributed by atoms with E-state index < -0.39 is 231 Å². The zero-order chi connectivity index (χ0) is 89.9. The molecule has 0 spiro atoms. The molecule has 688 valence electrons. The number of hydrogen-bond donors (Lipinski definition) is 8. The van der Waals surface area contributed by atoms with Gasteiger partial charge in [-0.25, -0.2) is 0 Å². The van der Waals surface area contributed by atoms with Crippen LogP contribution in [0.2, 0.25) is 0 Å². The van der Waals surface area contributed by atoms with Crippen LogP contribution in [-0.4, -0.2) is 357 Å². The van der Waals surface area contributed by atoms with Gasteiger partial charge in [0.15, 0.2) is 55.5 Å². The monoisotopic (exact) mass is 1740 g/mol. The van der Waals surface area contributed by atoms with E-state index in [-0.39, 0.29) is 131 Å². The summed E-state index contributed by atoms with van der Waals surface area (Å²) in [5.74, 6) is -12.6. The minimum absolute atomic E-state index is 0.0957. The van der Waals surface area contributed by atoms with Crippen molar-refractivity contribution in [3.63, 3.8) is 0 Å². The largest absolute Gasteiger partial charge is 0.463 e. The van der Waals surface area contributed by atoms with Crippen LogP contribution in [0, 0.1) is 0 Å². The van der Waals surface area contributed by atoms with Crippen molar-refractivity contribution in [2.45, 2.75) is 219 Å². The molecule has 0 radical (unpaired) electrons. The average Bonchev–Trinajstić information content (AvgIpc) is 0.797. The number of ether oxygens (including phenoxy) is 22. The van der Waals surface area contributed by atoms with E-state index in [2.05, 4.69) is 42.5 Å². The third-order valence-corrected chi connectivity index (χ3v) is 16.7. The fourth-order valence-electron chi connectivity index (χ4n) is 11.8. The van der Waals surface area contributed by atoms with E-state index in [0.29, 0.717) is 19.8 Å². The van der Waals surface area contributed by atoms with E-state index in [1.165, 1.54) is 14.0 Å². The van der Waals surface area contributed by atoms with Gasteiger partial charge in [0.25, 0.3) is 0 Å². The zero-order valence-corrected chi connectivity index (χ0v) is 70.3. The van der Waals surface area contributed by atoms with Gasteiger partial charge in [0.05, 0.1) is 106 Å². The Morgan fingerprint density at radius 2 is 0.554 bits per heavy atom. The Hall–Kier alpha value is -9.53. The zero-order valence-electron chi connectivity index (χ0n) is 70.3. The van der Waals surface area contributed by atoms with E-state index in [1.807, 2.05) is 0 Å². The molecule has 121 heavy (non-hydrogen) atoms. The van der Waals surface area contributed by atoms with Crippen LogP contribution in [0.25, 0.3) is 0 Å². The minimum Gasteiger partial charge on any atom is -0.463 e. The lowest BCUT2D eigenvalue weighted by atomic mass is 9.96. The van der Waals surface area contributed by atoms with Crippen molar-refractivity contribution in [3.8, 4) is 0 Å². The first-order valence-corrected chi connectivity index (χ1v) is 38.9. The van der Waals surface area contributed by atoms with Gasteiger partial charge in [-0.05, 0) is 12.8 Å². The fraction of sp³-hybridized carbons (Fsp3) is 0.770. The van der Waals surface area contributed by atoms with Gasteiger partial charge in [0.1, 0.15) is 68.3 Å². The normalized spacial score (nSPS) is 22.8. The Morgan fingerprint density at radius 3 is 0.851 bits per heavy atom. The van der Waals surface area contributed by atoms with Crippen LogP contribution in [0.15, 0.2) is 0 Å². The van der Waals surface area contributed by atoms with Crippen molar-refractivity contribution in [1.29, 1.82) is 0 Å². The van der Waals surface area contributed by atoms with E-state index >= 15 is 0 Å². The topological polar surface area (TPSA) is 589 Å². The maximum absolute atomic E-state index is 14.1. The summed E-state index contributed by atoms with van der Waals surface area (Å²) in [6, 6.07) is -6.67. The molecule has 0 aromatic heterocycles. The van der Waals surface area contributed by atoms with Crippen LogP contribution < -0.4 is 42.5 Å². The predicted octanol–water partition coefficient (Wildman–Crippen LogP) is -4.98. The summed E-state index contributed by atoms with van der Waals surface area (Å²) in [6.07, 6.45) is -18.2. The molecule has 3 fully saturated rings. The number of nitrogens with one attached hydrogen (secondary N) is 8. The Balaban J connectivity index is 1.81. The number of rotatable bonds is 58. The minimum atomic E-state index is -1.45. The molecule has 3 saturated heterocycles. The van der Waals surface area contributed by atoms with Crippen LogP contribution in [0.1, 0.15) is 115 Å². The van der Waals surface area contributed by atoms with Gasteiger partial charge < -0.3 is 147 Å². The molecular formula is C74H118N8O39. The summed E-state index contributed by atoms with van der Waals surface area (Å²) in [6.45, 7) is 11.0. The molecule has 0 saturated carbocycles. The summed E-state index contributed by atoms with van der Waals surface area (Å²) >= 11 is 0. The van der Waals surface area contributed by atoms with Crippen molar-refractivity contribution < 1.29 is 186 Å². The molecular weight excluding hydrogens is 1620 g/mol. The van der Waals surface area contributed by atoms with Gasteiger partial charge in [0.2, 0.25) is 47.3 Å². The predicted molar refractivity (Wildman–Crippen MR) is 403 cm³/mol. The molecule has 17 unspecified atom stereocenters. The molecule has 8 amide bonds. The van der Waals surface area contributed by atoms with E-state index in [1.54, 1.807) is 0 Å². The number of hydrogen-bond acceptors (Lipinski definition) is 39. The highest BCUT2D eigenvalue weighted by atomic mass is 16.7. The molecule has 17 atom stereocenters. The van der Waals surface area contributed by atoms with Crippen LogP contribution in [0.4, 0.5) is 0 Å². The highest BCUT2D eigenvalue weighted by Gasteiger charge is 2.54. The molecule has 0 bridgehead atoms. The third kappa shape index (κ3) is 44.7. The summed E-state index contributed by atoms with van der Waals surface area (Å²) in [4.78, 5) is 215. The standard InChI is InChI=1S/C74H118N8O39/c1-41(83)78-61-67(116-50(10)92)64(113-47(7)89)55(38-110-44(4)86)119-72(61)107-35-32-102-23-19-75-58(95)16-14-53(70(98)76-20-24-103-33-36-108-73-62(79-42(2)84)68(117-51(11)93)65(114-48(8)90)56(120-73)39-111-45(5)87)81-59(96)17-15-54(82-60(97)18-22-101-28-29-106-31-30-105-27-26-100-13)71(99)77-21-25-104-34-37-109-74-63(80-43(3)85)69(118-52(12)94)66(115-49(9)91)57(121-74)40-112-46(6)88/h53-57,61-69,72-74H,14-40H2,1-13H3,(H,75,95)(H,76,98)(H,77,99)(H,78,83)(H,79,84)(H,80,85)(H,81,96)(H,82,97). The highest BCUT2D eigenvalue weighted by Crippen LogP contribution is 2.31. The SMILES string of the molecule is COCCOCCOCCOCCC(=O)NC(CCC(=O)NC(CCC(=O)NCCOCCOC1OC(COC(C)=O)C(OC(C)=O)C(OC(C)=O)C1NC(C)=O)C(=O)NCCOCCOC1OC(COC(C)=O)C(OC(C)=O)C(OC(C)=O)C1NC(C)=O)C(=O)NCCOCCOC1OC(COC(C)=O)C(OC(C)=O)C(OC(C)=O)C1NC(C)=O. The average molecular weight is 1740 g/mol. The van der Waals surface area contributed by atoms with Crippen molar-refractivity contribution >= 4 is 101 Å². The van der Waals surface area contributed by atoms with Gasteiger partial charge in [0, 0.05) is 129 Å². The number of carbonyl (C=O) groups excluding carboxylic acids is 17. The van der Waals surface area contributed by atoms with Gasteiger partial charge in [-0.15, -0.1) is 0 Å². The maximum atomic E-state index is 14.1. The van der Waals surface area contributed by atoms with Gasteiger partial charge in [-0.3, -0.25) is 81.5 Å². The first-order valence-electron chi connectivity index (χ1n) is 38.9. The molecule has 8 N–H and O–H groups in total.